The third-order valence-electron chi connectivity index (χ3n) is 13.7. The van der Waals surface area contributed by atoms with Crippen molar-refractivity contribution >= 4 is 89.4 Å². The molecule has 62 heavy (non-hydrogen) atoms. The lowest BCUT2D eigenvalue weighted by Gasteiger charge is -2.29. The molecule has 0 N–H and O–H groups in total. The van der Waals surface area contributed by atoms with E-state index in [1.54, 1.807) is 11.1 Å². The highest BCUT2D eigenvalue weighted by atomic mass is 15.1. The van der Waals surface area contributed by atoms with Gasteiger partial charge in [-0.15, -0.1) is 0 Å². The molecule has 0 amide bonds. The third kappa shape index (κ3) is 7.12. The van der Waals surface area contributed by atoms with Crippen molar-refractivity contribution in [3.8, 4) is 0 Å². The second kappa shape index (κ2) is 16.3. The maximum absolute atomic E-state index is 2.45. The summed E-state index contributed by atoms with van der Waals surface area (Å²) >= 11 is 0. The summed E-state index contributed by atoms with van der Waals surface area (Å²) in [4.78, 5) is 4.91. The first-order valence-corrected chi connectivity index (χ1v) is 23.0. The first kappa shape index (κ1) is 38.3. The molecule has 2 heteroatoms. The van der Waals surface area contributed by atoms with E-state index in [0.29, 0.717) is 0 Å². The van der Waals surface area contributed by atoms with E-state index in [4.69, 9.17) is 0 Å². The lowest BCUT2D eigenvalue weighted by molar-refractivity contribution is 0.602. The van der Waals surface area contributed by atoms with E-state index in [1.165, 1.54) is 141 Å². The summed E-state index contributed by atoms with van der Waals surface area (Å²) in [6.07, 6.45) is 17.8. The number of hydrogen-bond acceptors (Lipinski definition) is 2. The van der Waals surface area contributed by atoms with Crippen molar-refractivity contribution in [2.75, 3.05) is 9.80 Å². The fraction of sp³-hybridized carbons (Fsp3) is 0.200. The molecule has 2 saturated carbocycles. The Labute approximate surface area is 366 Å². The Morgan fingerprint density at radius 2 is 0.645 bits per heavy atom. The molecule has 0 unspecified atom stereocenters. The Balaban J connectivity index is 1.06. The summed E-state index contributed by atoms with van der Waals surface area (Å²) in [6.45, 7) is 4.33. The van der Waals surface area contributed by atoms with Crippen LogP contribution in [0.25, 0.3) is 55.2 Å². The predicted octanol–water partition coefficient (Wildman–Crippen LogP) is 18.0. The molecule has 0 aliphatic heterocycles. The molecule has 0 radical (unpaired) electrons. The van der Waals surface area contributed by atoms with Gasteiger partial charge in [-0.3, -0.25) is 0 Å². The number of allylic oxidation sites excluding steroid dienone is 2. The van der Waals surface area contributed by atoms with Gasteiger partial charge in [-0.2, -0.15) is 0 Å². The smallest absolute Gasteiger partial charge is 0.0540 e. The van der Waals surface area contributed by atoms with Crippen molar-refractivity contribution in [1.82, 2.24) is 0 Å². The quantitative estimate of drug-likeness (QED) is 0.112. The minimum Gasteiger partial charge on any atom is -0.310 e. The van der Waals surface area contributed by atoms with Gasteiger partial charge in [0.05, 0.1) is 11.4 Å². The van der Waals surface area contributed by atoms with E-state index in [0.717, 1.165) is 22.7 Å². The van der Waals surface area contributed by atoms with Crippen LogP contribution in [0, 0.1) is 13.8 Å². The Morgan fingerprint density at radius 3 is 1.02 bits per heavy atom. The Hall–Kier alpha value is -6.64. The van der Waals surface area contributed by atoms with Gasteiger partial charge in [-0.1, -0.05) is 144 Å². The van der Waals surface area contributed by atoms with Crippen LogP contribution in [0.2, 0.25) is 0 Å². The molecule has 0 atom stereocenters. The number of anilines is 6. The van der Waals surface area contributed by atoms with Crippen LogP contribution in [0.4, 0.5) is 34.1 Å². The average Bonchev–Trinajstić information content (AvgIpc) is 3.32. The number of fused-ring (bicyclic) bond motifs is 2. The zero-order valence-electron chi connectivity index (χ0n) is 36.1. The molecule has 2 aliphatic rings. The number of nitrogens with zero attached hydrogens (tertiary/aromatic N) is 2. The van der Waals surface area contributed by atoms with Crippen LogP contribution in [0.5, 0.6) is 0 Å². The van der Waals surface area contributed by atoms with Crippen LogP contribution in [0.3, 0.4) is 0 Å². The first-order chi connectivity index (χ1) is 30.6. The van der Waals surface area contributed by atoms with Crippen LogP contribution in [-0.2, 0) is 0 Å². The predicted molar refractivity (Wildman–Crippen MR) is 269 cm³/mol. The Bertz CT molecular complexity index is 2860. The molecule has 9 aromatic rings. The normalized spacial score (nSPS) is 14.5. The Morgan fingerprint density at radius 1 is 0.323 bits per heavy atom. The third-order valence-corrected chi connectivity index (χ3v) is 13.7. The van der Waals surface area contributed by atoms with Gasteiger partial charge in [0.25, 0.3) is 0 Å². The first-order valence-electron chi connectivity index (χ1n) is 23.0. The summed E-state index contributed by atoms with van der Waals surface area (Å²) in [5.74, 6) is 0. The van der Waals surface area contributed by atoms with Gasteiger partial charge in [0.15, 0.2) is 0 Å². The maximum Gasteiger partial charge on any atom is 0.0540 e. The van der Waals surface area contributed by atoms with Crippen LogP contribution in [-0.4, -0.2) is 0 Å². The zero-order chi connectivity index (χ0) is 41.6. The van der Waals surface area contributed by atoms with Gasteiger partial charge in [-0.25, -0.2) is 0 Å². The Kier molecular flexibility index (Phi) is 10.1. The van der Waals surface area contributed by atoms with Crippen LogP contribution < -0.4 is 9.80 Å². The van der Waals surface area contributed by atoms with E-state index in [2.05, 4.69) is 194 Å². The van der Waals surface area contributed by atoms with E-state index in [9.17, 15) is 0 Å². The molecule has 0 bridgehead atoms. The molecule has 2 nitrogen and oxygen atoms in total. The highest BCUT2D eigenvalue weighted by molar-refractivity contribution is 6.35. The molecular formula is C60H54N2. The van der Waals surface area contributed by atoms with E-state index < -0.39 is 0 Å². The van der Waals surface area contributed by atoms with Crippen molar-refractivity contribution < 1.29 is 0 Å². The van der Waals surface area contributed by atoms with E-state index in [-0.39, 0.29) is 0 Å². The molecule has 2 aliphatic carbocycles. The SMILES string of the molecule is Cc1ccc(N(c2ccc(C=C3CCCCC3)cc2)c2ccc3c4cccc5c(N(c6ccc(C)cc6)c6ccc(C=C7CCCCC7)cc6)ccc(c6cccc2c63)c54)cc1. The summed E-state index contributed by atoms with van der Waals surface area (Å²) in [5.41, 5.74) is 15.3. The second-order valence-corrected chi connectivity index (χ2v) is 18.0. The molecule has 9 aromatic carbocycles. The minimum atomic E-state index is 1.16. The highest BCUT2D eigenvalue weighted by Gasteiger charge is 2.23. The van der Waals surface area contributed by atoms with Gasteiger partial charge in [0.1, 0.15) is 0 Å². The number of aryl methyl sites for hydroxylation is 2. The molecule has 11 rings (SSSR count). The molecule has 304 valence electrons. The van der Waals surface area contributed by atoms with Gasteiger partial charge < -0.3 is 9.80 Å². The van der Waals surface area contributed by atoms with Crippen molar-refractivity contribution in [2.45, 2.75) is 78.1 Å². The number of benzene rings is 9. The molecule has 0 aromatic heterocycles. The maximum atomic E-state index is 2.45. The average molecular weight is 803 g/mol. The van der Waals surface area contributed by atoms with Crippen molar-refractivity contribution in [2.24, 2.45) is 0 Å². The van der Waals surface area contributed by atoms with Crippen LogP contribution in [0.15, 0.2) is 169 Å². The summed E-state index contributed by atoms with van der Waals surface area (Å²) in [7, 11) is 0. The zero-order valence-corrected chi connectivity index (χ0v) is 36.1. The van der Waals surface area contributed by atoms with Crippen molar-refractivity contribution in [3.63, 3.8) is 0 Å². The van der Waals surface area contributed by atoms with Gasteiger partial charge in [0.2, 0.25) is 0 Å². The van der Waals surface area contributed by atoms with Gasteiger partial charge in [-0.05, 0) is 169 Å². The topological polar surface area (TPSA) is 6.48 Å². The highest BCUT2D eigenvalue weighted by Crippen LogP contribution is 2.49. The monoisotopic (exact) mass is 802 g/mol. The lowest BCUT2D eigenvalue weighted by Crippen LogP contribution is -2.11. The van der Waals surface area contributed by atoms with E-state index >= 15 is 0 Å². The molecule has 0 spiro atoms. The summed E-state index contributed by atoms with van der Waals surface area (Å²) in [6, 6.07) is 59.8. The molecule has 0 saturated heterocycles. The summed E-state index contributed by atoms with van der Waals surface area (Å²) in [5, 5.41) is 10.3. The fourth-order valence-corrected chi connectivity index (χ4v) is 10.5. The molecule has 2 fully saturated rings. The molecule has 0 heterocycles. The largest absolute Gasteiger partial charge is 0.310 e. The molecular weight excluding hydrogens is 749 g/mol. The van der Waals surface area contributed by atoms with E-state index in [1.807, 2.05) is 0 Å². The van der Waals surface area contributed by atoms with Crippen molar-refractivity contribution in [3.05, 3.63) is 191 Å². The standard InChI is InChI=1S/C60H54N2/c1-41-19-27-47(28-20-41)61(49-31-23-45(24-32-49)39-43-11-5-3-6-12-43)57-37-35-53-52-16-10-18-56-58(38-36-54(60(52)56)51-15-9-17-55(57)59(51)53)62(48-29-21-42(2)22-30-48)50-33-25-46(26-34-50)40-44-13-7-4-8-14-44/h9-10,15-40H,3-8,11-14H2,1-2H3. The van der Waals surface area contributed by atoms with Gasteiger partial charge in [0, 0.05) is 33.5 Å². The van der Waals surface area contributed by atoms with Crippen LogP contribution >= 0.6 is 0 Å². The van der Waals surface area contributed by atoms with Crippen LogP contribution in [0.1, 0.15) is 86.5 Å². The fourth-order valence-electron chi connectivity index (χ4n) is 10.5. The number of hydrogen-bond donors (Lipinski definition) is 0. The summed E-state index contributed by atoms with van der Waals surface area (Å²) < 4.78 is 0. The van der Waals surface area contributed by atoms with Crippen molar-refractivity contribution in [1.29, 1.82) is 0 Å². The number of rotatable bonds is 8. The minimum absolute atomic E-state index is 1.16. The lowest BCUT2D eigenvalue weighted by atomic mass is 9.88. The van der Waals surface area contributed by atoms with Gasteiger partial charge >= 0.3 is 0 Å². The second-order valence-electron chi connectivity index (χ2n) is 18.0.